The second-order valence-corrected chi connectivity index (χ2v) is 7.62. The number of hydrogen-bond acceptors (Lipinski definition) is 8. The number of ether oxygens (including phenoxy) is 1. The van der Waals surface area contributed by atoms with Gasteiger partial charge >= 0.3 is 5.97 Å². The lowest BCUT2D eigenvalue weighted by Crippen LogP contribution is -2.33. The molecule has 3 rings (SSSR count). The Morgan fingerprint density at radius 1 is 1.24 bits per heavy atom. The van der Waals surface area contributed by atoms with E-state index < -0.39 is 23.0 Å². The Morgan fingerprint density at radius 3 is 2.48 bits per heavy atom. The Hall–Kier alpha value is -3.14. The predicted molar refractivity (Wildman–Crippen MR) is 105 cm³/mol. The number of benzene rings is 1. The molecule has 0 saturated heterocycles. The number of fused-ring (bicyclic) bond motifs is 1. The highest BCUT2D eigenvalue weighted by Crippen LogP contribution is 2.22. The number of hydrogen-bond donors (Lipinski definition) is 1. The number of esters is 1. The van der Waals surface area contributed by atoms with Crippen molar-refractivity contribution in [2.24, 2.45) is 0 Å². The molecule has 29 heavy (non-hydrogen) atoms. The van der Waals surface area contributed by atoms with E-state index in [2.05, 4.69) is 10.5 Å². The smallest absolute Gasteiger partial charge is 0.315 e. The van der Waals surface area contributed by atoms with E-state index in [0.29, 0.717) is 22.7 Å². The number of nitrogens with zero attached hydrogens (tertiary/aromatic N) is 2. The number of carbonyl (C=O) groups is 4. The molecule has 1 N–H and O–H groups in total. The van der Waals surface area contributed by atoms with Gasteiger partial charge in [-0.2, -0.15) is 0 Å². The number of rotatable bonds is 8. The number of aryl methyl sites for hydroxylation is 1. The van der Waals surface area contributed by atoms with Crippen LogP contribution in [0.5, 0.6) is 0 Å². The molecule has 1 aliphatic heterocycles. The van der Waals surface area contributed by atoms with Crippen LogP contribution in [-0.2, 0) is 14.3 Å². The summed E-state index contributed by atoms with van der Waals surface area (Å²) < 4.78 is 9.95. The molecule has 0 spiro atoms. The molecular formula is C19H19N3O6S. The second kappa shape index (κ2) is 8.91. The maximum atomic E-state index is 12.2. The van der Waals surface area contributed by atoms with Crippen LogP contribution in [0.1, 0.15) is 33.4 Å². The van der Waals surface area contributed by atoms with Crippen molar-refractivity contribution in [2.45, 2.75) is 19.1 Å². The SMILES string of the molecule is Cc1cc(NC(=O)[C@H](C)SCC(=O)OCCN2C(=O)c3ccccc3C2=O)no1. The molecule has 152 valence electrons. The summed E-state index contributed by atoms with van der Waals surface area (Å²) in [4.78, 5) is 49.5. The van der Waals surface area contributed by atoms with Crippen LogP contribution >= 0.6 is 11.8 Å². The summed E-state index contributed by atoms with van der Waals surface area (Å²) in [7, 11) is 0. The zero-order valence-corrected chi connectivity index (χ0v) is 16.7. The Balaban J connectivity index is 1.39. The van der Waals surface area contributed by atoms with Gasteiger partial charge in [0.15, 0.2) is 5.82 Å². The minimum Gasteiger partial charge on any atom is -0.463 e. The fourth-order valence-corrected chi connectivity index (χ4v) is 3.34. The molecule has 1 aliphatic rings. The van der Waals surface area contributed by atoms with E-state index in [1.165, 1.54) is 0 Å². The molecule has 9 nitrogen and oxygen atoms in total. The molecule has 0 aliphatic carbocycles. The van der Waals surface area contributed by atoms with Crippen molar-refractivity contribution in [1.29, 1.82) is 0 Å². The highest BCUT2D eigenvalue weighted by atomic mass is 32.2. The lowest BCUT2D eigenvalue weighted by molar-refractivity contribution is -0.140. The average molecular weight is 417 g/mol. The van der Waals surface area contributed by atoms with Crippen LogP contribution < -0.4 is 5.32 Å². The number of carbonyl (C=O) groups excluding carboxylic acids is 4. The van der Waals surface area contributed by atoms with Crippen molar-refractivity contribution >= 4 is 41.3 Å². The van der Waals surface area contributed by atoms with Gasteiger partial charge in [0, 0.05) is 6.07 Å². The fraction of sp³-hybridized carbons (Fsp3) is 0.316. The van der Waals surface area contributed by atoms with E-state index in [9.17, 15) is 19.2 Å². The van der Waals surface area contributed by atoms with Gasteiger partial charge in [0.1, 0.15) is 12.4 Å². The first-order valence-electron chi connectivity index (χ1n) is 8.83. The third-order valence-corrected chi connectivity index (χ3v) is 5.27. The van der Waals surface area contributed by atoms with Crippen LogP contribution in [0.15, 0.2) is 34.9 Å². The van der Waals surface area contributed by atoms with E-state index in [1.807, 2.05) is 0 Å². The molecule has 1 aromatic heterocycles. The van der Waals surface area contributed by atoms with E-state index in [1.54, 1.807) is 44.2 Å². The van der Waals surface area contributed by atoms with Crippen LogP contribution in [0.25, 0.3) is 0 Å². The minimum absolute atomic E-state index is 0.0235. The number of anilines is 1. The van der Waals surface area contributed by atoms with Gasteiger partial charge in [0.05, 0.1) is 28.7 Å². The molecule has 3 amide bonds. The van der Waals surface area contributed by atoms with E-state index in [4.69, 9.17) is 9.26 Å². The average Bonchev–Trinajstić information content (AvgIpc) is 3.22. The van der Waals surface area contributed by atoms with Crippen molar-refractivity contribution in [3.63, 3.8) is 0 Å². The maximum Gasteiger partial charge on any atom is 0.315 e. The summed E-state index contributed by atoms with van der Waals surface area (Å²) in [6.07, 6.45) is 0. The number of amides is 3. The Labute approximate surface area is 170 Å². The summed E-state index contributed by atoms with van der Waals surface area (Å²) in [5.74, 6) is -0.820. The van der Waals surface area contributed by atoms with Gasteiger partial charge in [0.2, 0.25) is 5.91 Å². The van der Waals surface area contributed by atoms with Crippen LogP contribution in [-0.4, -0.2) is 57.9 Å². The van der Waals surface area contributed by atoms with Crippen LogP contribution in [0.2, 0.25) is 0 Å². The molecule has 0 radical (unpaired) electrons. The second-order valence-electron chi connectivity index (χ2n) is 6.29. The fourth-order valence-electron chi connectivity index (χ4n) is 2.66. The molecule has 0 saturated carbocycles. The van der Waals surface area contributed by atoms with Gasteiger partial charge in [0.25, 0.3) is 11.8 Å². The molecule has 0 fully saturated rings. The van der Waals surface area contributed by atoms with Crippen LogP contribution in [0.3, 0.4) is 0 Å². The molecule has 2 aromatic rings. The molecule has 0 unspecified atom stereocenters. The third kappa shape index (κ3) is 4.83. The lowest BCUT2D eigenvalue weighted by Gasteiger charge is -2.14. The molecule has 2 heterocycles. The number of aromatic nitrogens is 1. The number of thioether (sulfide) groups is 1. The quantitative estimate of drug-likeness (QED) is 0.511. The number of imide groups is 1. The monoisotopic (exact) mass is 417 g/mol. The van der Waals surface area contributed by atoms with Crippen molar-refractivity contribution in [1.82, 2.24) is 10.1 Å². The minimum atomic E-state index is -0.538. The Kier molecular flexibility index (Phi) is 6.32. The van der Waals surface area contributed by atoms with E-state index in [0.717, 1.165) is 16.7 Å². The normalized spacial score (nSPS) is 13.9. The topological polar surface area (TPSA) is 119 Å². The first-order chi connectivity index (χ1) is 13.9. The molecule has 1 aromatic carbocycles. The molecule has 0 bridgehead atoms. The van der Waals surface area contributed by atoms with E-state index >= 15 is 0 Å². The predicted octanol–water partition coefficient (Wildman–Crippen LogP) is 1.88. The summed E-state index contributed by atoms with van der Waals surface area (Å²) in [5, 5.41) is 5.74. The summed E-state index contributed by atoms with van der Waals surface area (Å²) in [6.45, 7) is 3.23. The zero-order valence-electron chi connectivity index (χ0n) is 15.8. The Morgan fingerprint density at radius 2 is 1.90 bits per heavy atom. The lowest BCUT2D eigenvalue weighted by atomic mass is 10.1. The summed E-state index contributed by atoms with van der Waals surface area (Å²) in [5.41, 5.74) is 0.697. The number of nitrogens with one attached hydrogen (secondary N) is 1. The van der Waals surface area contributed by atoms with Gasteiger partial charge in [-0.25, -0.2) is 0 Å². The van der Waals surface area contributed by atoms with Gasteiger partial charge in [-0.15, -0.1) is 11.8 Å². The first-order valence-corrected chi connectivity index (χ1v) is 9.88. The molecular weight excluding hydrogens is 398 g/mol. The van der Waals surface area contributed by atoms with Crippen LogP contribution in [0.4, 0.5) is 5.82 Å². The van der Waals surface area contributed by atoms with Crippen LogP contribution in [0, 0.1) is 6.92 Å². The first kappa shape index (κ1) is 20.6. The highest BCUT2D eigenvalue weighted by Gasteiger charge is 2.34. The Bertz CT molecular complexity index is 922. The van der Waals surface area contributed by atoms with E-state index in [-0.39, 0.29) is 24.8 Å². The summed E-state index contributed by atoms with van der Waals surface area (Å²) in [6, 6.07) is 8.14. The van der Waals surface area contributed by atoms with Crippen molar-refractivity contribution < 1.29 is 28.4 Å². The largest absolute Gasteiger partial charge is 0.463 e. The van der Waals surface area contributed by atoms with Crippen molar-refractivity contribution in [3.05, 3.63) is 47.2 Å². The van der Waals surface area contributed by atoms with Gasteiger partial charge in [-0.3, -0.25) is 24.1 Å². The van der Waals surface area contributed by atoms with Crippen molar-refractivity contribution in [3.8, 4) is 0 Å². The van der Waals surface area contributed by atoms with Gasteiger partial charge in [-0.1, -0.05) is 17.3 Å². The zero-order chi connectivity index (χ0) is 21.0. The van der Waals surface area contributed by atoms with Gasteiger partial charge in [-0.05, 0) is 26.0 Å². The summed E-state index contributed by atoms with van der Waals surface area (Å²) >= 11 is 1.10. The molecule has 1 atom stereocenters. The maximum absolute atomic E-state index is 12.2. The highest BCUT2D eigenvalue weighted by molar-refractivity contribution is 8.01. The third-order valence-electron chi connectivity index (χ3n) is 4.16. The van der Waals surface area contributed by atoms with Crippen molar-refractivity contribution in [2.75, 3.05) is 24.2 Å². The standard InChI is InChI=1S/C19H19N3O6S/c1-11-9-15(21-28-11)20-17(24)12(2)29-10-16(23)27-8-7-22-18(25)13-5-3-4-6-14(13)19(22)26/h3-6,9,12H,7-8,10H2,1-2H3,(H,20,21,24)/t12-/m0/s1. The van der Waals surface area contributed by atoms with Gasteiger partial charge < -0.3 is 14.6 Å². The molecule has 10 heteroatoms.